The molecule has 1 N–H and O–H groups in total. The highest BCUT2D eigenvalue weighted by atomic mass is 32.3. The first-order chi connectivity index (χ1) is 16.7. The van der Waals surface area contributed by atoms with Gasteiger partial charge in [-0.3, -0.25) is 9.69 Å². The number of rotatable bonds is 9. The number of hydrogen-bond acceptors (Lipinski definition) is 6. The number of carboxylic acids is 1. The molecule has 1 fully saturated rings. The Kier molecular flexibility index (Phi) is 7.68. The number of allylic oxidation sites excluding steroid dienone is 3. The molecule has 0 aromatic heterocycles. The number of benzene rings is 2. The number of likely N-dealkylation sites (tertiary alicyclic amines) is 1. The molecule has 2 aromatic carbocycles. The van der Waals surface area contributed by atoms with Gasteiger partial charge in [-0.2, -0.15) is 0 Å². The van der Waals surface area contributed by atoms with Crippen molar-refractivity contribution in [1.82, 2.24) is 4.90 Å². The van der Waals surface area contributed by atoms with E-state index in [4.69, 9.17) is 4.74 Å². The monoisotopic (exact) mass is 517 g/mol. The zero-order valence-corrected chi connectivity index (χ0v) is 21.0. The Morgan fingerprint density at radius 3 is 2.66 bits per heavy atom. The SMILES string of the molecule is CS(=O)(=O)[C@@]1(Sc2cccc(F)c2)CC(c2ccccc2)=CC=C1OCCN1CCC[C@H]1C(=O)O. The van der Waals surface area contributed by atoms with E-state index in [1.807, 2.05) is 41.3 Å². The fraction of sp³-hybridized carbons (Fsp3) is 0.346. The first-order valence-corrected chi connectivity index (χ1v) is 14.1. The highest BCUT2D eigenvalue weighted by molar-refractivity contribution is 8.14. The number of ether oxygens (including phenoxy) is 1. The molecule has 9 heteroatoms. The van der Waals surface area contributed by atoms with Crippen molar-refractivity contribution in [3.63, 3.8) is 0 Å². The molecule has 0 radical (unpaired) electrons. The highest BCUT2D eigenvalue weighted by Gasteiger charge is 2.49. The molecule has 2 aromatic rings. The molecular formula is C26H28FNO5S2. The first kappa shape index (κ1) is 25.5. The average molecular weight is 518 g/mol. The van der Waals surface area contributed by atoms with E-state index in [2.05, 4.69) is 0 Å². The second-order valence-corrected chi connectivity index (χ2v) is 12.6. The Bertz CT molecular complexity index is 1250. The smallest absolute Gasteiger partial charge is 0.320 e. The Labute approximate surface area is 209 Å². The van der Waals surface area contributed by atoms with Gasteiger partial charge in [0.2, 0.25) is 0 Å². The van der Waals surface area contributed by atoms with Crippen LogP contribution in [0.5, 0.6) is 0 Å². The average Bonchev–Trinajstić information content (AvgIpc) is 3.29. The molecule has 0 saturated carbocycles. The zero-order valence-electron chi connectivity index (χ0n) is 19.4. The Morgan fingerprint density at radius 2 is 1.97 bits per heavy atom. The second kappa shape index (κ2) is 10.6. The van der Waals surface area contributed by atoms with E-state index in [0.717, 1.165) is 29.3 Å². The largest absolute Gasteiger partial charge is 0.494 e. The van der Waals surface area contributed by atoms with E-state index >= 15 is 0 Å². The van der Waals surface area contributed by atoms with Gasteiger partial charge in [0.1, 0.15) is 24.2 Å². The molecule has 1 saturated heterocycles. The summed E-state index contributed by atoms with van der Waals surface area (Å²) in [6.07, 6.45) is 6.24. The minimum atomic E-state index is -3.76. The molecule has 0 amide bonds. The minimum absolute atomic E-state index is 0.143. The molecule has 186 valence electrons. The Hall–Kier alpha value is -2.62. The third-order valence-corrected chi connectivity index (χ3v) is 10.2. The summed E-state index contributed by atoms with van der Waals surface area (Å²) in [6.45, 7) is 1.17. The molecule has 6 nitrogen and oxygen atoms in total. The maximum atomic E-state index is 14.0. The van der Waals surface area contributed by atoms with Crippen molar-refractivity contribution >= 4 is 33.1 Å². The summed E-state index contributed by atoms with van der Waals surface area (Å²) in [5, 5.41) is 9.43. The van der Waals surface area contributed by atoms with Crippen molar-refractivity contribution < 1.29 is 27.4 Å². The van der Waals surface area contributed by atoms with E-state index in [9.17, 15) is 22.7 Å². The fourth-order valence-electron chi connectivity index (χ4n) is 4.55. The van der Waals surface area contributed by atoms with Crippen LogP contribution in [0.1, 0.15) is 24.8 Å². The predicted octanol–water partition coefficient (Wildman–Crippen LogP) is 4.60. The molecule has 1 aliphatic heterocycles. The number of halogens is 1. The van der Waals surface area contributed by atoms with Crippen molar-refractivity contribution in [3.05, 3.63) is 83.9 Å². The van der Waals surface area contributed by atoms with Gasteiger partial charge in [-0.05, 0) is 54.8 Å². The van der Waals surface area contributed by atoms with Crippen LogP contribution in [0, 0.1) is 5.82 Å². The maximum absolute atomic E-state index is 14.0. The summed E-state index contributed by atoms with van der Waals surface area (Å²) >= 11 is 1.06. The summed E-state index contributed by atoms with van der Waals surface area (Å²) in [4.78, 5) is 13.8. The molecule has 0 unspecified atom stereocenters. The van der Waals surface area contributed by atoms with Gasteiger partial charge in [0.15, 0.2) is 13.9 Å². The van der Waals surface area contributed by atoms with Gasteiger partial charge >= 0.3 is 5.97 Å². The van der Waals surface area contributed by atoms with E-state index in [1.165, 1.54) is 18.4 Å². The number of carbonyl (C=O) groups is 1. The second-order valence-electron chi connectivity index (χ2n) is 8.73. The van der Waals surface area contributed by atoms with Crippen LogP contribution in [0.3, 0.4) is 0 Å². The molecular weight excluding hydrogens is 489 g/mol. The molecule has 1 aliphatic carbocycles. The number of thioether (sulfide) groups is 1. The first-order valence-electron chi connectivity index (χ1n) is 11.4. The van der Waals surface area contributed by atoms with Crippen LogP contribution in [0.2, 0.25) is 0 Å². The number of nitrogens with zero attached hydrogens (tertiary/aromatic N) is 1. The fourth-order valence-corrected chi connectivity index (χ4v) is 7.51. The quantitative estimate of drug-likeness (QED) is 0.521. The van der Waals surface area contributed by atoms with Crippen molar-refractivity contribution in [2.45, 2.75) is 34.3 Å². The number of hydrogen-bond donors (Lipinski definition) is 1. The number of aliphatic carboxylic acids is 1. The van der Waals surface area contributed by atoms with Gasteiger partial charge in [0, 0.05) is 24.1 Å². The minimum Gasteiger partial charge on any atom is -0.494 e. The normalized spacial score (nSPS) is 23.0. The van der Waals surface area contributed by atoms with Gasteiger partial charge < -0.3 is 9.84 Å². The standard InChI is InChI=1S/C26H28FNO5S2/c1-35(31,32)26(34-22-10-5-9-21(27)17-22)18-20(19-7-3-2-4-8-19)12-13-24(26)33-16-15-28-14-6-11-23(28)25(29)30/h2-5,7-10,12-13,17,23H,6,11,14-16,18H2,1H3,(H,29,30)/t23-,26-/m0/s1. The molecule has 35 heavy (non-hydrogen) atoms. The van der Waals surface area contributed by atoms with Crippen molar-refractivity contribution in [2.24, 2.45) is 0 Å². The number of sulfone groups is 1. The summed E-state index contributed by atoms with van der Waals surface area (Å²) in [7, 11) is -3.76. The molecule has 2 aliphatic rings. The van der Waals surface area contributed by atoms with Crippen LogP contribution in [-0.4, -0.2) is 60.5 Å². The molecule has 1 heterocycles. The van der Waals surface area contributed by atoms with Gasteiger partial charge in [0.05, 0.1) is 0 Å². The number of carboxylic acid groups (broad SMARTS) is 1. The van der Waals surface area contributed by atoms with Crippen LogP contribution in [-0.2, 0) is 19.4 Å². The van der Waals surface area contributed by atoms with Crippen LogP contribution < -0.4 is 0 Å². The van der Waals surface area contributed by atoms with Crippen molar-refractivity contribution in [1.29, 1.82) is 0 Å². The van der Waals surface area contributed by atoms with E-state index in [1.54, 1.807) is 18.2 Å². The van der Waals surface area contributed by atoms with E-state index in [-0.39, 0.29) is 18.8 Å². The third kappa shape index (κ3) is 5.63. The van der Waals surface area contributed by atoms with Crippen LogP contribution >= 0.6 is 11.8 Å². The zero-order chi connectivity index (χ0) is 25.1. The molecule has 2 atom stereocenters. The van der Waals surface area contributed by atoms with E-state index in [0.29, 0.717) is 24.4 Å². The van der Waals surface area contributed by atoms with Crippen LogP contribution in [0.25, 0.3) is 5.57 Å². The molecule has 0 bridgehead atoms. The lowest BCUT2D eigenvalue weighted by atomic mass is 9.96. The summed E-state index contributed by atoms with van der Waals surface area (Å²) < 4.78 is 45.4. The van der Waals surface area contributed by atoms with Crippen LogP contribution in [0.15, 0.2) is 77.4 Å². The van der Waals surface area contributed by atoms with Gasteiger partial charge in [-0.1, -0.05) is 54.2 Å². The third-order valence-electron chi connectivity index (χ3n) is 6.34. The van der Waals surface area contributed by atoms with Crippen molar-refractivity contribution in [3.8, 4) is 0 Å². The van der Waals surface area contributed by atoms with Crippen LogP contribution in [0.4, 0.5) is 4.39 Å². The predicted molar refractivity (Wildman–Crippen MR) is 135 cm³/mol. The van der Waals surface area contributed by atoms with Gasteiger partial charge in [-0.25, -0.2) is 12.8 Å². The van der Waals surface area contributed by atoms with Gasteiger partial charge in [0.25, 0.3) is 0 Å². The topological polar surface area (TPSA) is 83.9 Å². The highest BCUT2D eigenvalue weighted by Crippen LogP contribution is 2.51. The molecule has 4 rings (SSSR count). The lowest BCUT2D eigenvalue weighted by molar-refractivity contribution is -0.142. The lowest BCUT2D eigenvalue weighted by Crippen LogP contribution is -2.41. The summed E-state index contributed by atoms with van der Waals surface area (Å²) in [5.74, 6) is -1.05. The molecule has 0 spiro atoms. The van der Waals surface area contributed by atoms with Crippen molar-refractivity contribution in [2.75, 3.05) is 26.0 Å². The maximum Gasteiger partial charge on any atom is 0.320 e. The summed E-state index contributed by atoms with van der Waals surface area (Å²) in [5.41, 5.74) is 1.73. The Morgan fingerprint density at radius 1 is 1.20 bits per heavy atom. The lowest BCUT2D eigenvalue weighted by Gasteiger charge is -2.36. The van der Waals surface area contributed by atoms with Gasteiger partial charge in [-0.15, -0.1) is 0 Å². The van der Waals surface area contributed by atoms with E-state index < -0.39 is 31.7 Å². The summed E-state index contributed by atoms with van der Waals surface area (Å²) in [6, 6.07) is 14.8. The Balaban J connectivity index is 1.66.